The number of nitrogens with two attached hydrogens (primary N) is 1. The molecule has 16 heavy (non-hydrogen) atoms. The molecule has 1 amide bonds. The second-order valence-corrected chi connectivity index (χ2v) is 6.96. The van der Waals surface area contributed by atoms with Gasteiger partial charge in [0.2, 0.25) is 10.0 Å². The number of amides is 1. The maximum Gasteiger partial charge on any atom is 0.258 e. The summed E-state index contributed by atoms with van der Waals surface area (Å²) in [7, 11) is -3.58. The molecular weight excluding hydrogens is 248 g/mol. The van der Waals surface area contributed by atoms with Crippen molar-refractivity contribution in [3.63, 3.8) is 0 Å². The number of primary amides is 1. The standard InChI is InChI=1S/C9H14N2O3S2/c1-9(2,3)11-16(13,14)6-4-7(8(10)12)15-5-6/h4-5,11H,1-3H3,(H2,10,12). The fourth-order valence-corrected chi connectivity index (χ4v) is 3.60. The summed E-state index contributed by atoms with van der Waals surface area (Å²) < 4.78 is 26.1. The summed E-state index contributed by atoms with van der Waals surface area (Å²) >= 11 is 1.02. The number of thiophene rings is 1. The highest BCUT2D eigenvalue weighted by atomic mass is 32.2. The second kappa shape index (κ2) is 4.15. The van der Waals surface area contributed by atoms with Crippen molar-refractivity contribution in [2.24, 2.45) is 5.73 Å². The molecule has 90 valence electrons. The number of carbonyl (C=O) groups excluding carboxylic acids is 1. The van der Waals surface area contributed by atoms with Crippen molar-refractivity contribution < 1.29 is 13.2 Å². The number of hydrogen-bond acceptors (Lipinski definition) is 4. The van der Waals surface area contributed by atoms with E-state index in [1.807, 2.05) is 0 Å². The fraction of sp³-hybridized carbons (Fsp3) is 0.444. The van der Waals surface area contributed by atoms with Crippen LogP contribution in [0.2, 0.25) is 0 Å². The lowest BCUT2D eigenvalue weighted by molar-refractivity contribution is 0.100. The van der Waals surface area contributed by atoms with Crippen LogP contribution < -0.4 is 10.5 Å². The van der Waals surface area contributed by atoms with E-state index in [4.69, 9.17) is 5.73 Å². The Labute approximate surface area is 98.7 Å². The van der Waals surface area contributed by atoms with Gasteiger partial charge in [-0.3, -0.25) is 4.79 Å². The molecule has 0 aromatic carbocycles. The van der Waals surface area contributed by atoms with Crippen molar-refractivity contribution in [1.82, 2.24) is 4.72 Å². The SMILES string of the molecule is CC(C)(C)NS(=O)(=O)c1csc(C(N)=O)c1. The Bertz CT molecular complexity index is 497. The summed E-state index contributed by atoms with van der Waals surface area (Å²) in [4.78, 5) is 11.1. The van der Waals surface area contributed by atoms with Crippen molar-refractivity contribution in [2.75, 3.05) is 0 Å². The molecule has 0 atom stereocenters. The van der Waals surface area contributed by atoms with Crippen LogP contribution in [-0.2, 0) is 10.0 Å². The second-order valence-electron chi connectivity index (χ2n) is 4.37. The van der Waals surface area contributed by atoms with Gasteiger partial charge in [0.1, 0.15) is 0 Å². The zero-order valence-electron chi connectivity index (χ0n) is 9.27. The summed E-state index contributed by atoms with van der Waals surface area (Å²) in [5.41, 5.74) is 4.49. The number of sulfonamides is 1. The molecule has 0 aliphatic carbocycles. The molecule has 0 aliphatic rings. The first-order chi connectivity index (χ1) is 7.12. The van der Waals surface area contributed by atoms with Gasteiger partial charge in [0.05, 0.1) is 9.77 Å². The average molecular weight is 262 g/mol. The molecule has 1 rings (SSSR count). The topological polar surface area (TPSA) is 89.3 Å². The smallest absolute Gasteiger partial charge is 0.258 e. The van der Waals surface area contributed by atoms with E-state index < -0.39 is 21.5 Å². The molecule has 0 radical (unpaired) electrons. The van der Waals surface area contributed by atoms with Crippen LogP contribution in [-0.4, -0.2) is 19.9 Å². The van der Waals surface area contributed by atoms with Crippen LogP contribution >= 0.6 is 11.3 Å². The van der Waals surface area contributed by atoms with Gasteiger partial charge in [-0.05, 0) is 26.8 Å². The third kappa shape index (κ3) is 3.29. The van der Waals surface area contributed by atoms with Gasteiger partial charge in [-0.2, -0.15) is 0 Å². The van der Waals surface area contributed by atoms with Crippen LogP contribution in [0.15, 0.2) is 16.3 Å². The van der Waals surface area contributed by atoms with Gasteiger partial charge in [0.25, 0.3) is 5.91 Å². The van der Waals surface area contributed by atoms with E-state index in [1.165, 1.54) is 11.4 Å². The first-order valence-corrected chi connectivity index (χ1v) is 6.90. The Hall–Kier alpha value is -0.920. The maximum atomic E-state index is 11.8. The minimum absolute atomic E-state index is 0.0706. The molecule has 0 spiro atoms. The van der Waals surface area contributed by atoms with Crippen LogP contribution in [0, 0.1) is 0 Å². The van der Waals surface area contributed by atoms with E-state index in [-0.39, 0.29) is 9.77 Å². The number of rotatable bonds is 3. The first-order valence-electron chi connectivity index (χ1n) is 4.54. The van der Waals surface area contributed by atoms with Crippen molar-refractivity contribution in [2.45, 2.75) is 31.2 Å². The number of hydrogen-bond donors (Lipinski definition) is 2. The van der Waals surface area contributed by atoms with E-state index in [2.05, 4.69) is 4.72 Å². The quantitative estimate of drug-likeness (QED) is 0.849. The summed E-state index contributed by atoms with van der Waals surface area (Å²) in [6, 6.07) is 1.28. The van der Waals surface area contributed by atoms with E-state index >= 15 is 0 Å². The lowest BCUT2D eigenvalue weighted by Crippen LogP contribution is -2.40. The summed E-state index contributed by atoms with van der Waals surface area (Å²) in [6.45, 7) is 5.23. The summed E-state index contributed by atoms with van der Waals surface area (Å²) in [6.07, 6.45) is 0. The molecule has 0 saturated carbocycles. The molecule has 0 bridgehead atoms. The first kappa shape index (κ1) is 13.1. The highest BCUT2D eigenvalue weighted by Crippen LogP contribution is 2.20. The normalized spacial score (nSPS) is 12.7. The third-order valence-electron chi connectivity index (χ3n) is 1.57. The third-order valence-corrected chi connectivity index (χ3v) is 4.40. The van der Waals surface area contributed by atoms with Gasteiger partial charge < -0.3 is 5.73 Å². The fourth-order valence-electron chi connectivity index (χ4n) is 1.05. The van der Waals surface area contributed by atoms with Crippen LogP contribution in [0.1, 0.15) is 30.4 Å². The van der Waals surface area contributed by atoms with Gasteiger partial charge in [-0.15, -0.1) is 11.3 Å². The minimum Gasteiger partial charge on any atom is -0.365 e. The Morgan fingerprint density at radius 2 is 2.00 bits per heavy atom. The Balaban J connectivity index is 3.04. The highest BCUT2D eigenvalue weighted by molar-refractivity contribution is 7.89. The van der Waals surface area contributed by atoms with Gasteiger partial charge in [0, 0.05) is 10.9 Å². The average Bonchev–Trinajstić information content (AvgIpc) is 2.46. The molecule has 1 aromatic rings. The predicted octanol–water partition coefficient (Wildman–Crippen LogP) is 0.924. The van der Waals surface area contributed by atoms with Crippen molar-refractivity contribution >= 4 is 27.3 Å². The van der Waals surface area contributed by atoms with E-state index in [1.54, 1.807) is 20.8 Å². The molecule has 0 fully saturated rings. The molecule has 1 heterocycles. The molecule has 3 N–H and O–H groups in total. The highest BCUT2D eigenvalue weighted by Gasteiger charge is 2.23. The predicted molar refractivity (Wildman–Crippen MR) is 62.9 cm³/mol. The minimum atomic E-state index is -3.58. The van der Waals surface area contributed by atoms with Gasteiger partial charge in [0.15, 0.2) is 0 Å². The van der Waals surface area contributed by atoms with E-state index in [0.717, 1.165) is 11.3 Å². The Morgan fingerprint density at radius 1 is 1.44 bits per heavy atom. The van der Waals surface area contributed by atoms with Crippen LogP contribution in [0.5, 0.6) is 0 Å². The van der Waals surface area contributed by atoms with Crippen molar-refractivity contribution in [3.05, 3.63) is 16.3 Å². The van der Waals surface area contributed by atoms with Crippen molar-refractivity contribution in [1.29, 1.82) is 0 Å². The molecule has 0 saturated heterocycles. The lowest BCUT2D eigenvalue weighted by Gasteiger charge is -2.19. The molecule has 0 aliphatic heterocycles. The van der Waals surface area contributed by atoms with Gasteiger partial charge in [-0.25, -0.2) is 13.1 Å². The zero-order valence-corrected chi connectivity index (χ0v) is 10.9. The van der Waals surface area contributed by atoms with Crippen LogP contribution in [0.25, 0.3) is 0 Å². The molecule has 1 aromatic heterocycles. The van der Waals surface area contributed by atoms with Crippen LogP contribution in [0.4, 0.5) is 0 Å². The number of nitrogens with one attached hydrogen (secondary N) is 1. The lowest BCUT2D eigenvalue weighted by atomic mass is 10.1. The zero-order chi connectivity index (χ0) is 12.6. The molecule has 7 heteroatoms. The van der Waals surface area contributed by atoms with E-state index in [9.17, 15) is 13.2 Å². The monoisotopic (exact) mass is 262 g/mol. The molecule has 0 unspecified atom stereocenters. The number of carbonyl (C=O) groups is 1. The van der Waals surface area contributed by atoms with E-state index in [0.29, 0.717) is 0 Å². The summed E-state index contributed by atoms with van der Waals surface area (Å²) in [5, 5.41) is 1.40. The van der Waals surface area contributed by atoms with Crippen molar-refractivity contribution in [3.8, 4) is 0 Å². The molecular formula is C9H14N2O3S2. The Morgan fingerprint density at radius 3 is 2.38 bits per heavy atom. The largest absolute Gasteiger partial charge is 0.365 e. The van der Waals surface area contributed by atoms with Crippen LogP contribution in [0.3, 0.4) is 0 Å². The summed E-state index contributed by atoms with van der Waals surface area (Å²) in [5.74, 6) is -0.623. The molecule has 5 nitrogen and oxygen atoms in total. The Kier molecular flexibility index (Phi) is 3.41. The van der Waals surface area contributed by atoms with Gasteiger partial charge in [-0.1, -0.05) is 0 Å². The van der Waals surface area contributed by atoms with Gasteiger partial charge >= 0.3 is 0 Å². The maximum absolute atomic E-state index is 11.8.